The van der Waals surface area contributed by atoms with Gasteiger partial charge in [-0.2, -0.15) is 4.31 Å². The average molecular weight is 463 g/mol. The van der Waals surface area contributed by atoms with Gasteiger partial charge in [0, 0.05) is 29.9 Å². The molecule has 0 aromatic heterocycles. The fourth-order valence-electron chi connectivity index (χ4n) is 2.90. The Morgan fingerprint density at radius 3 is 2.09 bits per heavy atom. The molecule has 4 N–H and O–H groups in total. The summed E-state index contributed by atoms with van der Waals surface area (Å²) in [4.78, 5) is 35.3. The summed E-state index contributed by atoms with van der Waals surface area (Å²) < 4.78 is 32.4. The molecule has 0 saturated carbocycles. The number of methoxy groups -OCH3 is 1. The van der Waals surface area contributed by atoms with Gasteiger partial charge in [0.15, 0.2) is 0 Å². The van der Waals surface area contributed by atoms with E-state index in [9.17, 15) is 22.8 Å². The molecule has 0 bridgehead atoms. The van der Waals surface area contributed by atoms with Gasteiger partial charge in [-0.05, 0) is 42.5 Å². The highest BCUT2D eigenvalue weighted by molar-refractivity contribution is 7.89. The lowest BCUT2D eigenvalue weighted by molar-refractivity contribution is -0.117. The average Bonchev–Trinajstić information content (AvgIpc) is 2.78. The number of nitrogens with zero attached hydrogens (tertiary/aromatic N) is 1. The van der Waals surface area contributed by atoms with Crippen molar-refractivity contribution < 1.29 is 27.5 Å². The number of nitrogens with one attached hydrogen (secondary N) is 2. The van der Waals surface area contributed by atoms with Crippen LogP contribution in [0.1, 0.15) is 34.6 Å². The Bertz CT molecular complexity index is 1100. The standard InChI is InChI=1S/C21H26N4O6S/c1-4-25(5-2)32(29,30)18-12-15(8-11-17(18)31-3)21(28)24-16-9-6-14(7-10-16)20(27)23-13-19(22)26/h6-12H,4-5,13H2,1-3H3,(H2,22,26)(H,23,27)(H,24,28). The molecular weight excluding hydrogens is 436 g/mol. The SMILES string of the molecule is CCN(CC)S(=O)(=O)c1cc(C(=O)Nc2ccc(C(=O)NCC(N)=O)cc2)ccc1OC. The predicted molar refractivity (Wildman–Crippen MR) is 119 cm³/mol. The maximum Gasteiger partial charge on any atom is 0.255 e. The summed E-state index contributed by atoms with van der Waals surface area (Å²) >= 11 is 0. The minimum Gasteiger partial charge on any atom is -0.495 e. The van der Waals surface area contributed by atoms with Gasteiger partial charge >= 0.3 is 0 Å². The molecule has 0 radical (unpaired) electrons. The Morgan fingerprint density at radius 1 is 0.969 bits per heavy atom. The van der Waals surface area contributed by atoms with Crippen LogP contribution in [0.3, 0.4) is 0 Å². The number of carbonyl (C=O) groups excluding carboxylic acids is 3. The molecule has 0 atom stereocenters. The number of nitrogens with two attached hydrogens (primary N) is 1. The summed E-state index contributed by atoms with van der Waals surface area (Å²) in [6.45, 7) is 3.72. The molecular formula is C21H26N4O6S. The van der Waals surface area contributed by atoms with Crippen LogP contribution in [0.5, 0.6) is 5.75 Å². The second-order valence-electron chi connectivity index (χ2n) is 6.64. The third-order valence-corrected chi connectivity index (χ3v) is 6.65. The van der Waals surface area contributed by atoms with E-state index in [4.69, 9.17) is 10.5 Å². The van der Waals surface area contributed by atoms with E-state index in [0.717, 1.165) is 0 Å². The van der Waals surface area contributed by atoms with Gasteiger partial charge in [-0.3, -0.25) is 14.4 Å². The molecule has 0 spiro atoms. The first kappa shape index (κ1) is 24.8. The van der Waals surface area contributed by atoms with E-state index in [0.29, 0.717) is 5.69 Å². The van der Waals surface area contributed by atoms with Crippen molar-refractivity contribution in [2.24, 2.45) is 5.73 Å². The molecule has 0 saturated heterocycles. The Labute approximate surface area is 186 Å². The van der Waals surface area contributed by atoms with Gasteiger partial charge in [-0.15, -0.1) is 0 Å². The highest BCUT2D eigenvalue weighted by Crippen LogP contribution is 2.28. The first-order valence-corrected chi connectivity index (χ1v) is 11.2. The van der Waals surface area contributed by atoms with Gasteiger partial charge in [0.25, 0.3) is 11.8 Å². The van der Waals surface area contributed by atoms with E-state index >= 15 is 0 Å². The second kappa shape index (κ2) is 10.7. The van der Waals surface area contributed by atoms with Gasteiger partial charge < -0.3 is 21.1 Å². The molecule has 2 rings (SSSR count). The number of primary amides is 1. The van der Waals surface area contributed by atoms with E-state index in [-0.39, 0.29) is 41.4 Å². The summed E-state index contributed by atoms with van der Waals surface area (Å²) in [6, 6.07) is 10.1. The van der Waals surface area contributed by atoms with Crippen molar-refractivity contribution in [2.75, 3.05) is 32.1 Å². The minimum atomic E-state index is -3.85. The van der Waals surface area contributed by atoms with Crippen molar-refractivity contribution in [3.8, 4) is 5.75 Å². The van der Waals surface area contributed by atoms with Crippen LogP contribution >= 0.6 is 0 Å². The fourth-order valence-corrected chi connectivity index (χ4v) is 4.54. The lowest BCUT2D eigenvalue weighted by Crippen LogP contribution is -2.33. The molecule has 32 heavy (non-hydrogen) atoms. The molecule has 0 aliphatic heterocycles. The summed E-state index contributed by atoms with van der Waals surface area (Å²) in [5, 5.41) is 5.01. The summed E-state index contributed by atoms with van der Waals surface area (Å²) in [5.74, 6) is -1.54. The highest BCUT2D eigenvalue weighted by atomic mass is 32.2. The van der Waals surface area contributed by atoms with Crippen LogP contribution in [0, 0.1) is 0 Å². The van der Waals surface area contributed by atoms with E-state index in [1.54, 1.807) is 13.8 Å². The quantitative estimate of drug-likeness (QED) is 0.483. The molecule has 2 aromatic carbocycles. The Hall–Kier alpha value is -3.44. The van der Waals surface area contributed by atoms with Crippen molar-refractivity contribution in [3.63, 3.8) is 0 Å². The van der Waals surface area contributed by atoms with Crippen LogP contribution in [-0.4, -0.2) is 57.2 Å². The number of anilines is 1. The minimum absolute atomic E-state index is 0.0992. The number of ether oxygens (including phenoxy) is 1. The topological polar surface area (TPSA) is 148 Å². The van der Waals surface area contributed by atoms with E-state index in [1.165, 1.54) is 53.9 Å². The van der Waals surface area contributed by atoms with Crippen molar-refractivity contribution in [1.29, 1.82) is 0 Å². The Kier molecular flexibility index (Phi) is 8.33. The summed E-state index contributed by atoms with van der Waals surface area (Å²) in [6.07, 6.45) is 0. The molecule has 0 unspecified atom stereocenters. The van der Waals surface area contributed by atoms with Crippen molar-refractivity contribution in [2.45, 2.75) is 18.7 Å². The van der Waals surface area contributed by atoms with Gasteiger partial charge in [0.05, 0.1) is 13.7 Å². The highest BCUT2D eigenvalue weighted by Gasteiger charge is 2.26. The van der Waals surface area contributed by atoms with Crippen LogP contribution in [0.4, 0.5) is 5.69 Å². The monoisotopic (exact) mass is 462 g/mol. The molecule has 0 heterocycles. The number of hydrogen-bond acceptors (Lipinski definition) is 6. The zero-order valence-corrected chi connectivity index (χ0v) is 18.9. The maximum atomic E-state index is 13.0. The van der Waals surface area contributed by atoms with Crippen molar-refractivity contribution in [3.05, 3.63) is 53.6 Å². The molecule has 10 nitrogen and oxygen atoms in total. The molecule has 0 fully saturated rings. The molecule has 11 heteroatoms. The second-order valence-corrected chi connectivity index (χ2v) is 8.54. The number of sulfonamides is 1. The summed E-state index contributed by atoms with van der Waals surface area (Å²) in [7, 11) is -2.49. The number of rotatable bonds is 10. The van der Waals surface area contributed by atoms with Gasteiger partial charge in [-0.1, -0.05) is 13.8 Å². The third-order valence-electron chi connectivity index (χ3n) is 4.58. The van der Waals surface area contributed by atoms with E-state index < -0.39 is 27.7 Å². The molecule has 3 amide bonds. The van der Waals surface area contributed by atoms with E-state index in [1.807, 2.05) is 0 Å². The van der Waals surface area contributed by atoms with Crippen molar-refractivity contribution in [1.82, 2.24) is 9.62 Å². The van der Waals surface area contributed by atoms with Gasteiger partial charge in [-0.25, -0.2) is 8.42 Å². The number of hydrogen-bond donors (Lipinski definition) is 3. The first-order valence-electron chi connectivity index (χ1n) is 9.80. The Balaban J connectivity index is 2.23. The first-order chi connectivity index (χ1) is 15.1. The van der Waals surface area contributed by atoms with Crippen LogP contribution in [0.15, 0.2) is 47.4 Å². The van der Waals surface area contributed by atoms with Gasteiger partial charge in [0.1, 0.15) is 10.6 Å². The number of benzene rings is 2. The van der Waals surface area contributed by atoms with E-state index in [2.05, 4.69) is 10.6 Å². The maximum absolute atomic E-state index is 13.0. The van der Waals surface area contributed by atoms with Crippen LogP contribution < -0.4 is 21.1 Å². The van der Waals surface area contributed by atoms with Gasteiger partial charge in [0.2, 0.25) is 15.9 Å². The Morgan fingerprint density at radius 2 is 1.56 bits per heavy atom. The number of amides is 3. The molecule has 172 valence electrons. The fraction of sp³-hybridized carbons (Fsp3) is 0.286. The number of carbonyl (C=O) groups is 3. The lowest BCUT2D eigenvalue weighted by Gasteiger charge is -2.20. The van der Waals surface area contributed by atoms with Crippen LogP contribution in [0.2, 0.25) is 0 Å². The smallest absolute Gasteiger partial charge is 0.255 e. The van der Waals surface area contributed by atoms with Crippen molar-refractivity contribution >= 4 is 33.4 Å². The lowest BCUT2D eigenvalue weighted by atomic mass is 10.1. The predicted octanol–water partition coefficient (Wildman–Crippen LogP) is 1.19. The third kappa shape index (κ3) is 5.83. The zero-order chi connectivity index (χ0) is 23.9. The normalized spacial score (nSPS) is 11.1. The largest absolute Gasteiger partial charge is 0.495 e. The van der Waals surface area contributed by atoms with Crippen LogP contribution in [0.25, 0.3) is 0 Å². The summed E-state index contributed by atoms with van der Waals surface area (Å²) in [5.41, 5.74) is 5.79. The zero-order valence-electron chi connectivity index (χ0n) is 18.0. The van der Waals surface area contributed by atoms with Crippen LogP contribution in [-0.2, 0) is 14.8 Å². The molecule has 0 aliphatic rings. The molecule has 0 aliphatic carbocycles. The molecule has 2 aromatic rings.